The van der Waals surface area contributed by atoms with Crippen LogP contribution in [-0.4, -0.2) is 56.0 Å². The molecule has 122 valence electrons. The molecule has 1 atom stereocenters. The number of methoxy groups -OCH3 is 1. The van der Waals surface area contributed by atoms with Gasteiger partial charge in [-0.25, -0.2) is 0 Å². The Bertz CT molecular complexity index is 520. The summed E-state index contributed by atoms with van der Waals surface area (Å²) in [6.45, 7) is 5.73. The number of ether oxygens (including phenoxy) is 1. The lowest BCUT2D eigenvalue weighted by Crippen LogP contribution is -2.39. The minimum Gasteiger partial charge on any atom is -0.496 e. The van der Waals surface area contributed by atoms with Crippen molar-refractivity contribution >= 4 is 5.91 Å². The lowest BCUT2D eigenvalue weighted by molar-refractivity contribution is -0.131. The van der Waals surface area contributed by atoms with E-state index in [2.05, 4.69) is 11.8 Å². The minimum absolute atomic E-state index is 0.132. The van der Waals surface area contributed by atoms with Gasteiger partial charge in [-0.15, -0.1) is 0 Å². The van der Waals surface area contributed by atoms with Crippen LogP contribution in [0.15, 0.2) is 24.3 Å². The molecule has 1 amide bonds. The molecule has 5 heteroatoms. The summed E-state index contributed by atoms with van der Waals surface area (Å²) in [6.07, 6.45) is 1.06. The maximum Gasteiger partial charge on any atom is 0.236 e. The van der Waals surface area contributed by atoms with Gasteiger partial charge in [0.2, 0.25) is 5.91 Å². The van der Waals surface area contributed by atoms with E-state index in [0.29, 0.717) is 19.6 Å². The molecule has 1 aromatic rings. The van der Waals surface area contributed by atoms with E-state index < -0.39 is 0 Å². The first-order chi connectivity index (χ1) is 10.5. The molecule has 22 heavy (non-hydrogen) atoms. The number of rotatable bonds is 6. The second-order valence-corrected chi connectivity index (χ2v) is 6.54. The first-order valence-electron chi connectivity index (χ1n) is 7.76. The van der Waals surface area contributed by atoms with Crippen LogP contribution in [0.1, 0.15) is 18.9 Å². The number of amides is 1. The Balaban J connectivity index is 1.90. The van der Waals surface area contributed by atoms with Gasteiger partial charge < -0.3 is 15.4 Å². The molecule has 1 fully saturated rings. The summed E-state index contributed by atoms with van der Waals surface area (Å²) in [5.74, 6) is 0.950. The molecule has 5 nitrogen and oxygen atoms in total. The molecule has 1 aromatic carbocycles. The van der Waals surface area contributed by atoms with E-state index in [0.717, 1.165) is 30.8 Å². The maximum absolute atomic E-state index is 12.4. The third-order valence-electron chi connectivity index (χ3n) is 4.51. The van der Waals surface area contributed by atoms with Gasteiger partial charge in [0.25, 0.3) is 0 Å². The van der Waals surface area contributed by atoms with Crippen molar-refractivity contribution in [3.8, 4) is 5.75 Å². The molecule has 1 aliphatic rings. The Kier molecular flexibility index (Phi) is 5.42. The lowest BCUT2D eigenvalue weighted by atomic mass is 9.90. The number of benzene rings is 1. The first kappa shape index (κ1) is 16.8. The highest BCUT2D eigenvalue weighted by Gasteiger charge is 2.33. The van der Waals surface area contributed by atoms with Crippen LogP contribution in [0.2, 0.25) is 0 Å². The van der Waals surface area contributed by atoms with E-state index in [4.69, 9.17) is 10.5 Å². The second-order valence-electron chi connectivity index (χ2n) is 6.54. The molecule has 0 aliphatic carbocycles. The zero-order valence-electron chi connectivity index (χ0n) is 13.8. The van der Waals surface area contributed by atoms with Crippen LogP contribution in [-0.2, 0) is 11.3 Å². The third kappa shape index (κ3) is 3.99. The molecule has 2 N–H and O–H groups in total. The van der Waals surface area contributed by atoms with Crippen molar-refractivity contribution in [3.63, 3.8) is 0 Å². The van der Waals surface area contributed by atoms with Crippen LogP contribution in [0.4, 0.5) is 0 Å². The molecule has 0 saturated carbocycles. The molecule has 1 unspecified atom stereocenters. The first-order valence-corrected chi connectivity index (χ1v) is 7.76. The number of nitrogens with zero attached hydrogens (tertiary/aromatic N) is 2. The average Bonchev–Trinajstić information content (AvgIpc) is 2.89. The largest absolute Gasteiger partial charge is 0.496 e. The smallest absolute Gasteiger partial charge is 0.236 e. The second kappa shape index (κ2) is 7.11. The zero-order chi connectivity index (χ0) is 16.2. The summed E-state index contributed by atoms with van der Waals surface area (Å²) >= 11 is 0. The van der Waals surface area contributed by atoms with Gasteiger partial charge in [0.1, 0.15) is 5.75 Å². The van der Waals surface area contributed by atoms with Crippen molar-refractivity contribution < 1.29 is 9.53 Å². The number of para-hydroxylation sites is 1. The number of nitrogens with two attached hydrogens (primary N) is 1. The number of hydrogen-bond donors (Lipinski definition) is 1. The molecule has 1 aliphatic heterocycles. The molecule has 0 aromatic heterocycles. The topological polar surface area (TPSA) is 58.8 Å². The SMILES string of the molecule is COc1ccccc1CN(C)C(=O)CN1CCC(C)(CN)C1. The van der Waals surface area contributed by atoms with Crippen molar-refractivity contribution in [1.82, 2.24) is 9.80 Å². The number of carbonyl (C=O) groups is 1. The van der Waals surface area contributed by atoms with Crippen molar-refractivity contribution in [1.29, 1.82) is 0 Å². The van der Waals surface area contributed by atoms with Gasteiger partial charge in [-0.3, -0.25) is 9.69 Å². The quantitative estimate of drug-likeness (QED) is 0.861. The number of hydrogen-bond acceptors (Lipinski definition) is 4. The average molecular weight is 305 g/mol. The Morgan fingerprint density at radius 3 is 2.82 bits per heavy atom. The van der Waals surface area contributed by atoms with Gasteiger partial charge >= 0.3 is 0 Å². The molecular weight excluding hydrogens is 278 g/mol. The number of carbonyl (C=O) groups excluding carboxylic acids is 1. The van der Waals surface area contributed by atoms with Gasteiger partial charge in [-0.1, -0.05) is 25.1 Å². The van der Waals surface area contributed by atoms with Gasteiger partial charge in [0.05, 0.1) is 13.7 Å². The summed E-state index contributed by atoms with van der Waals surface area (Å²) in [5, 5.41) is 0. The van der Waals surface area contributed by atoms with Crippen LogP contribution >= 0.6 is 0 Å². The van der Waals surface area contributed by atoms with Crippen LogP contribution in [0.25, 0.3) is 0 Å². The number of likely N-dealkylation sites (tertiary alicyclic amines) is 1. The van der Waals surface area contributed by atoms with E-state index in [9.17, 15) is 4.79 Å². The highest BCUT2D eigenvalue weighted by molar-refractivity contribution is 5.78. The summed E-state index contributed by atoms with van der Waals surface area (Å²) in [5.41, 5.74) is 7.00. The normalized spacial score (nSPS) is 21.8. The van der Waals surface area contributed by atoms with Crippen LogP contribution in [0, 0.1) is 5.41 Å². The summed E-state index contributed by atoms with van der Waals surface area (Å²) in [6, 6.07) is 7.80. The predicted molar refractivity (Wildman–Crippen MR) is 87.7 cm³/mol. The predicted octanol–water partition coefficient (Wildman–Crippen LogP) is 1.32. The Morgan fingerprint density at radius 1 is 1.45 bits per heavy atom. The molecular formula is C17H27N3O2. The lowest BCUT2D eigenvalue weighted by Gasteiger charge is -2.24. The molecule has 0 spiro atoms. The highest BCUT2D eigenvalue weighted by atomic mass is 16.5. The van der Waals surface area contributed by atoms with E-state index in [1.807, 2.05) is 31.3 Å². The molecule has 0 radical (unpaired) electrons. The van der Waals surface area contributed by atoms with Crippen molar-refractivity contribution in [2.24, 2.45) is 11.1 Å². The fourth-order valence-corrected chi connectivity index (χ4v) is 2.92. The molecule has 1 heterocycles. The van der Waals surface area contributed by atoms with E-state index in [-0.39, 0.29) is 11.3 Å². The standard InChI is InChI=1S/C17H27N3O2/c1-17(12-18)8-9-20(13-17)11-16(21)19(2)10-14-6-4-5-7-15(14)22-3/h4-7H,8-13,18H2,1-3H3. The maximum atomic E-state index is 12.4. The van der Waals surface area contributed by atoms with Gasteiger partial charge in [0.15, 0.2) is 0 Å². The Hall–Kier alpha value is -1.59. The highest BCUT2D eigenvalue weighted by Crippen LogP contribution is 2.28. The monoisotopic (exact) mass is 305 g/mol. The third-order valence-corrected chi connectivity index (χ3v) is 4.51. The van der Waals surface area contributed by atoms with Gasteiger partial charge in [0, 0.05) is 25.7 Å². The van der Waals surface area contributed by atoms with E-state index in [1.165, 1.54) is 0 Å². The van der Waals surface area contributed by atoms with Gasteiger partial charge in [-0.2, -0.15) is 0 Å². The van der Waals surface area contributed by atoms with Gasteiger partial charge in [-0.05, 0) is 31.0 Å². The number of likely N-dealkylation sites (N-methyl/N-ethyl adjacent to an activating group) is 1. The van der Waals surface area contributed by atoms with Crippen molar-refractivity contribution in [2.45, 2.75) is 19.9 Å². The van der Waals surface area contributed by atoms with Crippen molar-refractivity contribution in [3.05, 3.63) is 29.8 Å². The van der Waals surface area contributed by atoms with Crippen LogP contribution in [0.3, 0.4) is 0 Å². The fourth-order valence-electron chi connectivity index (χ4n) is 2.92. The molecule has 1 saturated heterocycles. The summed E-state index contributed by atoms with van der Waals surface area (Å²) in [4.78, 5) is 16.4. The van der Waals surface area contributed by atoms with Crippen LogP contribution < -0.4 is 10.5 Å². The minimum atomic E-state index is 0.132. The van der Waals surface area contributed by atoms with E-state index >= 15 is 0 Å². The molecule has 0 bridgehead atoms. The molecule has 2 rings (SSSR count). The summed E-state index contributed by atoms with van der Waals surface area (Å²) in [7, 11) is 3.49. The Morgan fingerprint density at radius 2 is 2.18 bits per heavy atom. The zero-order valence-corrected chi connectivity index (χ0v) is 13.8. The fraction of sp³-hybridized carbons (Fsp3) is 0.588. The Labute approximate surface area is 133 Å². The van der Waals surface area contributed by atoms with Crippen LogP contribution in [0.5, 0.6) is 5.75 Å². The summed E-state index contributed by atoms with van der Waals surface area (Å²) < 4.78 is 5.34. The van der Waals surface area contributed by atoms with E-state index in [1.54, 1.807) is 12.0 Å². The van der Waals surface area contributed by atoms with Crippen molar-refractivity contribution in [2.75, 3.05) is 40.3 Å².